The van der Waals surface area contributed by atoms with Crippen molar-refractivity contribution in [1.82, 2.24) is 9.29 Å². The van der Waals surface area contributed by atoms with Gasteiger partial charge in [-0.2, -0.15) is 0 Å². The Balaban J connectivity index is 2.18. The molecule has 0 unspecified atom stereocenters. The molecule has 2 rings (SSSR count). The zero-order valence-electron chi connectivity index (χ0n) is 9.34. The van der Waals surface area contributed by atoms with E-state index in [1.807, 2.05) is 0 Å². The normalized spacial score (nSPS) is 16.4. The molecule has 5 nitrogen and oxygen atoms in total. The van der Waals surface area contributed by atoms with Gasteiger partial charge < -0.3 is 5.32 Å². The van der Waals surface area contributed by atoms with E-state index in [2.05, 4.69) is 10.3 Å². The van der Waals surface area contributed by atoms with Crippen LogP contribution in [-0.2, 0) is 10.0 Å². The van der Waals surface area contributed by atoms with Gasteiger partial charge in [-0.3, -0.25) is 0 Å². The summed E-state index contributed by atoms with van der Waals surface area (Å²) in [5.41, 5.74) is 0. The van der Waals surface area contributed by atoms with Gasteiger partial charge in [0.15, 0.2) is 0 Å². The predicted octanol–water partition coefficient (Wildman–Crippen LogP) is 0.906. The molecule has 0 aromatic carbocycles. The lowest BCUT2D eigenvalue weighted by Gasteiger charge is -2.11. The zero-order valence-corrected chi connectivity index (χ0v) is 10.2. The first kappa shape index (κ1) is 11.3. The predicted molar refractivity (Wildman–Crippen MR) is 61.8 cm³/mol. The van der Waals surface area contributed by atoms with Crippen molar-refractivity contribution in [3.63, 3.8) is 0 Å². The quantitative estimate of drug-likeness (QED) is 0.851. The lowest BCUT2D eigenvalue weighted by atomic mass is 10.4. The number of hydrogen-bond acceptors (Lipinski definition) is 4. The minimum atomic E-state index is -3.36. The summed E-state index contributed by atoms with van der Waals surface area (Å²) in [5, 5.41) is 3.20. The highest BCUT2D eigenvalue weighted by molar-refractivity contribution is 7.89. The fourth-order valence-corrected chi connectivity index (χ4v) is 2.11. The largest absolute Gasteiger partial charge is 0.367 e. The van der Waals surface area contributed by atoms with Crippen LogP contribution in [0.25, 0.3) is 0 Å². The maximum absolute atomic E-state index is 11.7. The van der Waals surface area contributed by atoms with Crippen LogP contribution in [0, 0.1) is 0 Å². The number of hydrogen-bond donors (Lipinski definition) is 1. The Kier molecular flexibility index (Phi) is 2.86. The van der Waals surface area contributed by atoms with E-state index in [1.165, 1.54) is 37.4 Å². The Morgan fingerprint density at radius 1 is 1.38 bits per heavy atom. The summed E-state index contributed by atoms with van der Waals surface area (Å²) >= 11 is 0. The van der Waals surface area contributed by atoms with Gasteiger partial charge >= 0.3 is 0 Å². The Labute approximate surface area is 95.5 Å². The standard InChI is InChI=1S/C10H15N3O2S/c1-13(2)16(14,15)9-5-6-10(11-7-9)12-8-3-4-8/h5-8H,3-4H2,1-2H3,(H,11,12). The van der Waals surface area contributed by atoms with Crippen LogP contribution < -0.4 is 5.32 Å². The van der Waals surface area contributed by atoms with Gasteiger partial charge in [0.25, 0.3) is 0 Å². The highest BCUT2D eigenvalue weighted by Gasteiger charge is 2.22. The Morgan fingerprint density at radius 2 is 2.06 bits per heavy atom. The molecule has 0 bridgehead atoms. The SMILES string of the molecule is CN(C)S(=O)(=O)c1ccc(NC2CC2)nc1. The van der Waals surface area contributed by atoms with Crippen molar-refractivity contribution in [3.8, 4) is 0 Å². The number of anilines is 1. The van der Waals surface area contributed by atoms with Crippen molar-refractivity contribution in [3.05, 3.63) is 18.3 Å². The summed E-state index contributed by atoms with van der Waals surface area (Å²) in [4.78, 5) is 4.31. The smallest absolute Gasteiger partial charge is 0.244 e. The van der Waals surface area contributed by atoms with Gasteiger partial charge in [0, 0.05) is 26.3 Å². The van der Waals surface area contributed by atoms with Crippen LogP contribution in [0.15, 0.2) is 23.2 Å². The van der Waals surface area contributed by atoms with E-state index in [1.54, 1.807) is 12.1 Å². The highest BCUT2D eigenvalue weighted by Crippen LogP contribution is 2.24. The van der Waals surface area contributed by atoms with Crippen LogP contribution in [0.3, 0.4) is 0 Å². The van der Waals surface area contributed by atoms with Crippen molar-refractivity contribution in [2.45, 2.75) is 23.8 Å². The van der Waals surface area contributed by atoms with E-state index >= 15 is 0 Å². The number of aromatic nitrogens is 1. The fourth-order valence-electron chi connectivity index (χ4n) is 1.27. The molecule has 88 valence electrons. The molecule has 0 aliphatic heterocycles. The first-order chi connectivity index (χ1) is 7.50. The van der Waals surface area contributed by atoms with Crippen molar-refractivity contribution < 1.29 is 8.42 Å². The molecule has 1 aromatic rings. The average molecular weight is 241 g/mol. The van der Waals surface area contributed by atoms with E-state index in [-0.39, 0.29) is 4.90 Å². The summed E-state index contributed by atoms with van der Waals surface area (Å²) in [7, 11) is -0.352. The molecule has 1 fully saturated rings. The van der Waals surface area contributed by atoms with Gasteiger partial charge in [0.2, 0.25) is 10.0 Å². The molecule has 0 atom stereocenters. The molecule has 1 aliphatic rings. The molecule has 1 aromatic heterocycles. The van der Waals surface area contributed by atoms with Gasteiger partial charge in [0.1, 0.15) is 10.7 Å². The maximum Gasteiger partial charge on any atom is 0.244 e. The zero-order chi connectivity index (χ0) is 11.8. The molecule has 0 amide bonds. The monoisotopic (exact) mass is 241 g/mol. The molecule has 1 N–H and O–H groups in total. The van der Waals surface area contributed by atoms with Crippen molar-refractivity contribution >= 4 is 15.8 Å². The van der Waals surface area contributed by atoms with E-state index in [9.17, 15) is 8.42 Å². The fraction of sp³-hybridized carbons (Fsp3) is 0.500. The van der Waals surface area contributed by atoms with Gasteiger partial charge in [-0.05, 0) is 25.0 Å². The second kappa shape index (κ2) is 4.03. The third kappa shape index (κ3) is 2.33. The molecule has 0 radical (unpaired) electrons. The van der Waals surface area contributed by atoms with Crippen LogP contribution >= 0.6 is 0 Å². The number of rotatable bonds is 4. The molecule has 0 saturated heterocycles. The number of nitrogens with zero attached hydrogens (tertiary/aromatic N) is 2. The molecule has 1 heterocycles. The van der Waals surface area contributed by atoms with Crippen molar-refractivity contribution in [2.24, 2.45) is 0 Å². The lowest BCUT2D eigenvalue weighted by molar-refractivity contribution is 0.520. The molecule has 1 aliphatic carbocycles. The van der Waals surface area contributed by atoms with Crippen molar-refractivity contribution in [2.75, 3.05) is 19.4 Å². The van der Waals surface area contributed by atoms with E-state index in [0.717, 1.165) is 5.82 Å². The van der Waals surface area contributed by atoms with E-state index in [0.29, 0.717) is 6.04 Å². The van der Waals surface area contributed by atoms with Gasteiger partial charge in [-0.15, -0.1) is 0 Å². The summed E-state index contributed by atoms with van der Waals surface area (Å²) in [6.07, 6.45) is 3.72. The van der Waals surface area contributed by atoms with Crippen LogP contribution in [0.2, 0.25) is 0 Å². The Morgan fingerprint density at radius 3 is 2.50 bits per heavy atom. The molecule has 1 saturated carbocycles. The van der Waals surface area contributed by atoms with Crippen LogP contribution in [0.1, 0.15) is 12.8 Å². The van der Waals surface area contributed by atoms with Crippen molar-refractivity contribution in [1.29, 1.82) is 0 Å². The third-order valence-corrected chi connectivity index (χ3v) is 4.24. The average Bonchev–Trinajstić information content (AvgIpc) is 3.02. The van der Waals surface area contributed by atoms with Crippen LogP contribution in [0.4, 0.5) is 5.82 Å². The first-order valence-electron chi connectivity index (χ1n) is 5.15. The van der Waals surface area contributed by atoms with Crippen LogP contribution in [-0.4, -0.2) is 37.8 Å². The summed E-state index contributed by atoms with van der Waals surface area (Å²) < 4.78 is 24.7. The van der Waals surface area contributed by atoms with Crippen LogP contribution in [0.5, 0.6) is 0 Å². The highest BCUT2D eigenvalue weighted by atomic mass is 32.2. The summed E-state index contributed by atoms with van der Waals surface area (Å²) in [5.74, 6) is 0.736. The second-order valence-corrected chi connectivity index (χ2v) is 6.24. The Bertz CT molecular complexity index is 463. The number of sulfonamides is 1. The first-order valence-corrected chi connectivity index (χ1v) is 6.59. The molecule has 16 heavy (non-hydrogen) atoms. The minimum absolute atomic E-state index is 0.221. The van der Waals surface area contributed by atoms with E-state index in [4.69, 9.17) is 0 Å². The lowest BCUT2D eigenvalue weighted by Crippen LogP contribution is -2.22. The summed E-state index contributed by atoms with van der Waals surface area (Å²) in [6, 6.07) is 3.80. The maximum atomic E-state index is 11.7. The van der Waals surface area contributed by atoms with Gasteiger partial charge in [-0.1, -0.05) is 0 Å². The van der Waals surface area contributed by atoms with E-state index < -0.39 is 10.0 Å². The Hall–Kier alpha value is -1.14. The number of nitrogens with one attached hydrogen (secondary N) is 1. The van der Waals surface area contributed by atoms with Gasteiger partial charge in [0.05, 0.1) is 0 Å². The third-order valence-electron chi connectivity index (χ3n) is 2.44. The number of pyridine rings is 1. The second-order valence-electron chi connectivity index (χ2n) is 4.09. The molecular weight excluding hydrogens is 226 g/mol. The topological polar surface area (TPSA) is 62.3 Å². The summed E-state index contributed by atoms with van der Waals surface area (Å²) in [6.45, 7) is 0. The minimum Gasteiger partial charge on any atom is -0.367 e. The molecule has 0 spiro atoms. The molecule has 6 heteroatoms. The van der Waals surface area contributed by atoms with Gasteiger partial charge in [-0.25, -0.2) is 17.7 Å². The molecular formula is C10H15N3O2S.